The molecule has 0 N–H and O–H groups in total. The molecule has 0 nitrogen and oxygen atoms in total. The molecule has 102 valence electrons. The van der Waals surface area contributed by atoms with E-state index < -0.39 is 0 Å². The molecular formula is C15H15Br2ClS. The number of halogens is 3. The van der Waals surface area contributed by atoms with Gasteiger partial charge in [0.1, 0.15) is 0 Å². The van der Waals surface area contributed by atoms with Crippen LogP contribution in [0.15, 0.2) is 39.3 Å². The minimum Gasteiger partial charge on any atom is -0.143 e. The van der Waals surface area contributed by atoms with E-state index in [4.69, 9.17) is 11.6 Å². The summed E-state index contributed by atoms with van der Waals surface area (Å²) in [5, 5.41) is -0.102. The molecule has 0 bridgehead atoms. The van der Waals surface area contributed by atoms with E-state index in [1.807, 2.05) is 6.07 Å². The van der Waals surface area contributed by atoms with Crippen LogP contribution in [0.5, 0.6) is 0 Å². The highest BCUT2D eigenvalue weighted by Crippen LogP contribution is 2.39. The molecule has 1 aromatic heterocycles. The molecule has 0 aliphatic carbocycles. The standard InChI is InChI=1S/C15H15Br2ClS/c1-15(2,3)13-5-4-12(19-13)14(18)9-6-10(16)8-11(17)7-9/h4-8,14H,1-3H3. The fraction of sp³-hybridized carbons (Fsp3) is 0.333. The van der Waals surface area contributed by atoms with Crippen molar-refractivity contribution in [3.05, 3.63) is 54.6 Å². The molecule has 0 spiro atoms. The van der Waals surface area contributed by atoms with E-state index in [1.165, 1.54) is 9.75 Å². The van der Waals surface area contributed by atoms with Gasteiger partial charge >= 0.3 is 0 Å². The Labute approximate surface area is 140 Å². The molecule has 2 rings (SSSR count). The maximum atomic E-state index is 6.61. The molecule has 0 amide bonds. The van der Waals surface area contributed by atoms with Gasteiger partial charge in [-0.05, 0) is 41.3 Å². The van der Waals surface area contributed by atoms with Crippen molar-refractivity contribution in [1.29, 1.82) is 0 Å². The summed E-state index contributed by atoms with van der Waals surface area (Å²) in [7, 11) is 0. The first-order chi connectivity index (χ1) is 8.77. The summed E-state index contributed by atoms with van der Waals surface area (Å²) in [4.78, 5) is 2.55. The lowest BCUT2D eigenvalue weighted by molar-refractivity contribution is 0.604. The lowest BCUT2D eigenvalue weighted by Crippen LogP contribution is -2.07. The molecule has 0 saturated heterocycles. The maximum absolute atomic E-state index is 6.61. The minimum atomic E-state index is -0.102. The van der Waals surface area contributed by atoms with Crippen LogP contribution in [0.1, 0.15) is 41.5 Å². The van der Waals surface area contributed by atoms with Crippen LogP contribution in [0.2, 0.25) is 0 Å². The van der Waals surface area contributed by atoms with Crippen molar-refractivity contribution in [3.8, 4) is 0 Å². The number of hydrogen-bond donors (Lipinski definition) is 0. The van der Waals surface area contributed by atoms with Crippen molar-refractivity contribution in [1.82, 2.24) is 0 Å². The third-order valence-corrected chi connectivity index (χ3v) is 5.90. The largest absolute Gasteiger partial charge is 0.143 e. The molecule has 0 aliphatic heterocycles. The van der Waals surface area contributed by atoms with Gasteiger partial charge in [-0.3, -0.25) is 0 Å². The second kappa shape index (κ2) is 5.88. The molecule has 19 heavy (non-hydrogen) atoms. The molecule has 1 aromatic carbocycles. The van der Waals surface area contributed by atoms with Gasteiger partial charge in [0, 0.05) is 18.7 Å². The van der Waals surface area contributed by atoms with Gasteiger partial charge in [0.15, 0.2) is 0 Å². The lowest BCUT2D eigenvalue weighted by Gasteiger charge is -2.15. The number of benzene rings is 1. The van der Waals surface area contributed by atoms with Crippen LogP contribution in [0.25, 0.3) is 0 Å². The maximum Gasteiger partial charge on any atom is 0.0928 e. The van der Waals surface area contributed by atoms with E-state index in [9.17, 15) is 0 Å². The molecule has 4 heteroatoms. The molecule has 0 radical (unpaired) electrons. The molecule has 0 aliphatic rings. The van der Waals surface area contributed by atoms with E-state index in [2.05, 4.69) is 76.9 Å². The Morgan fingerprint density at radius 1 is 1.05 bits per heavy atom. The molecule has 0 fully saturated rings. The zero-order chi connectivity index (χ0) is 14.2. The third-order valence-electron chi connectivity index (χ3n) is 2.79. The van der Waals surface area contributed by atoms with Crippen molar-refractivity contribution < 1.29 is 0 Å². The average Bonchev–Trinajstić information content (AvgIpc) is 2.75. The van der Waals surface area contributed by atoms with Crippen LogP contribution >= 0.6 is 54.8 Å². The first-order valence-electron chi connectivity index (χ1n) is 5.97. The Bertz CT molecular complexity index is 564. The van der Waals surface area contributed by atoms with Gasteiger partial charge < -0.3 is 0 Å². The van der Waals surface area contributed by atoms with Crippen molar-refractivity contribution >= 4 is 54.8 Å². The second-order valence-electron chi connectivity index (χ2n) is 5.52. The summed E-state index contributed by atoms with van der Waals surface area (Å²) < 4.78 is 2.07. The summed E-state index contributed by atoms with van der Waals surface area (Å²) in [6, 6.07) is 10.5. The van der Waals surface area contributed by atoms with Gasteiger partial charge in [-0.25, -0.2) is 0 Å². The highest BCUT2D eigenvalue weighted by molar-refractivity contribution is 9.11. The fourth-order valence-corrected chi connectivity index (χ4v) is 4.51. The van der Waals surface area contributed by atoms with Crippen LogP contribution in [-0.2, 0) is 5.41 Å². The van der Waals surface area contributed by atoms with Crippen molar-refractivity contribution in [2.75, 3.05) is 0 Å². The van der Waals surface area contributed by atoms with Gasteiger partial charge in [-0.15, -0.1) is 22.9 Å². The highest BCUT2D eigenvalue weighted by atomic mass is 79.9. The number of alkyl halides is 1. The van der Waals surface area contributed by atoms with Crippen LogP contribution in [0.4, 0.5) is 0 Å². The summed E-state index contributed by atoms with van der Waals surface area (Å²) >= 11 is 15.4. The van der Waals surface area contributed by atoms with Crippen molar-refractivity contribution in [3.63, 3.8) is 0 Å². The summed E-state index contributed by atoms with van der Waals surface area (Å²) in [6.07, 6.45) is 0. The quantitative estimate of drug-likeness (QED) is 0.462. The van der Waals surface area contributed by atoms with Gasteiger partial charge in [0.2, 0.25) is 0 Å². The first kappa shape index (κ1) is 15.6. The Morgan fingerprint density at radius 3 is 2.11 bits per heavy atom. The fourth-order valence-electron chi connectivity index (χ4n) is 1.78. The van der Waals surface area contributed by atoms with Gasteiger partial charge in [-0.2, -0.15) is 0 Å². The van der Waals surface area contributed by atoms with Crippen LogP contribution in [0, 0.1) is 0 Å². The summed E-state index contributed by atoms with van der Waals surface area (Å²) in [5.74, 6) is 0. The topological polar surface area (TPSA) is 0 Å². The Morgan fingerprint density at radius 2 is 1.63 bits per heavy atom. The second-order valence-corrected chi connectivity index (χ2v) is 8.90. The Hall–Kier alpha value is 0.170. The van der Waals surface area contributed by atoms with E-state index in [0.29, 0.717) is 0 Å². The van der Waals surface area contributed by atoms with Crippen LogP contribution < -0.4 is 0 Å². The number of hydrogen-bond acceptors (Lipinski definition) is 1. The van der Waals surface area contributed by atoms with Crippen LogP contribution in [0.3, 0.4) is 0 Å². The summed E-state index contributed by atoms with van der Waals surface area (Å²) in [6.45, 7) is 6.67. The number of thiophene rings is 1. The number of rotatable bonds is 2. The van der Waals surface area contributed by atoms with Gasteiger partial charge in [0.05, 0.1) is 5.38 Å². The van der Waals surface area contributed by atoms with Gasteiger partial charge in [-0.1, -0.05) is 52.6 Å². The zero-order valence-electron chi connectivity index (χ0n) is 11.0. The molecule has 1 unspecified atom stereocenters. The third kappa shape index (κ3) is 3.84. The summed E-state index contributed by atoms with van der Waals surface area (Å²) in [5.41, 5.74) is 1.28. The van der Waals surface area contributed by atoms with E-state index in [-0.39, 0.29) is 10.8 Å². The lowest BCUT2D eigenvalue weighted by atomic mass is 9.95. The van der Waals surface area contributed by atoms with Gasteiger partial charge in [0.25, 0.3) is 0 Å². The average molecular weight is 423 g/mol. The SMILES string of the molecule is CC(C)(C)c1ccc(C(Cl)c2cc(Br)cc(Br)c2)s1. The van der Waals surface area contributed by atoms with Crippen LogP contribution in [-0.4, -0.2) is 0 Å². The molecule has 1 atom stereocenters. The van der Waals surface area contributed by atoms with Crippen molar-refractivity contribution in [2.24, 2.45) is 0 Å². The highest BCUT2D eigenvalue weighted by Gasteiger charge is 2.20. The Balaban J connectivity index is 2.33. The zero-order valence-corrected chi connectivity index (χ0v) is 15.8. The molecular weight excluding hydrogens is 407 g/mol. The monoisotopic (exact) mass is 420 g/mol. The van der Waals surface area contributed by atoms with Crippen molar-refractivity contribution in [2.45, 2.75) is 31.6 Å². The predicted molar refractivity (Wildman–Crippen MR) is 92.6 cm³/mol. The molecule has 0 saturated carbocycles. The normalized spacial score (nSPS) is 13.6. The van der Waals surface area contributed by atoms with E-state index in [1.54, 1.807) is 11.3 Å². The van der Waals surface area contributed by atoms with E-state index in [0.717, 1.165) is 14.5 Å². The smallest absolute Gasteiger partial charge is 0.0928 e. The molecule has 1 heterocycles. The first-order valence-corrected chi connectivity index (χ1v) is 8.81. The Kier molecular flexibility index (Phi) is 4.82. The predicted octanol–water partition coefficient (Wildman–Crippen LogP) is 6.90. The van der Waals surface area contributed by atoms with E-state index >= 15 is 0 Å². The molecule has 2 aromatic rings. The minimum absolute atomic E-state index is 0.102.